The summed E-state index contributed by atoms with van der Waals surface area (Å²) in [6, 6.07) is 17.4. The second kappa shape index (κ2) is 10.4. The molecular weight excluding hydrogens is 524 g/mol. The quantitative estimate of drug-likeness (QED) is 0.297. The number of thioether (sulfide) groups is 1. The molecule has 4 rings (SSSR count). The molecule has 3 aromatic carbocycles. The number of hydrogen-bond donors (Lipinski definition) is 0. The second-order valence-corrected chi connectivity index (χ2v) is 9.76. The molecular formula is C24H15Cl4NO3S. The molecule has 1 fully saturated rings. The van der Waals surface area contributed by atoms with Crippen LogP contribution >= 0.6 is 58.2 Å². The molecule has 2 amide bonds. The van der Waals surface area contributed by atoms with Gasteiger partial charge in [0.2, 0.25) is 0 Å². The zero-order chi connectivity index (χ0) is 23.5. The first kappa shape index (κ1) is 24.0. The minimum Gasteiger partial charge on any atom is -0.489 e. The Bertz CT molecular complexity index is 1260. The third-order valence-electron chi connectivity index (χ3n) is 4.79. The van der Waals surface area contributed by atoms with E-state index in [0.29, 0.717) is 37.4 Å². The average Bonchev–Trinajstić information content (AvgIpc) is 3.04. The van der Waals surface area contributed by atoms with Crippen LogP contribution in [0.5, 0.6) is 5.75 Å². The lowest BCUT2D eigenvalue weighted by Crippen LogP contribution is -2.27. The molecule has 0 spiro atoms. The lowest BCUT2D eigenvalue weighted by molar-refractivity contribution is -0.123. The highest BCUT2D eigenvalue weighted by Gasteiger charge is 2.35. The first-order chi connectivity index (χ1) is 15.8. The number of nitrogens with zero attached hydrogens (tertiary/aromatic N) is 1. The zero-order valence-corrected chi connectivity index (χ0v) is 20.7. The van der Waals surface area contributed by atoms with E-state index in [9.17, 15) is 9.59 Å². The number of halogens is 4. The van der Waals surface area contributed by atoms with Crippen LogP contribution in [0.1, 0.15) is 16.7 Å². The summed E-state index contributed by atoms with van der Waals surface area (Å²) < 4.78 is 5.77. The normalized spacial score (nSPS) is 14.9. The van der Waals surface area contributed by atoms with Gasteiger partial charge in [-0.05, 0) is 65.4 Å². The van der Waals surface area contributed by atoms with Crippen LogP contribution in [0.3, 0.4) is 0 Å². The van der Waals surface area contributed by atoms with E-state index in [4.69, 9.17) is 51.1 Å². The smallest absolute Gasteiger partial charge is 0.293 e. The number of imide groups is 1. The number of benzene rings is 3. The number of hydrogen-bond acceptors (Lipinski definition) is 4. The first-order valence-electron chi connectivity index (χ1n) is 9.66. The Hall–Kier alpha value is -2.15. The van der Waals surface area contributed by atoms with Crippen LogP contribution < -0.4 is 4.74 Å². The van der Waals surface area contributed by atoms with E-state index < -0.39 is 0 Å². The Kier molecular flexibility index (Phi) is 7.57. The lowest BCUT2D eigenvalue weighted by Gasteiger charge is -2.13. The molecule has 0 atom stereocenters. The number of carbonyl (C=O) groups excluding carboxylic acids is 2. The van der Waals surface area contributed by atoms with Crippen molar-refractivity contribution in [3.63, 3.8) is 0 Å². The molecule has 168 valence electrons. The molecule has 4 nitrogen and oxygen atoms in total. The highest BCUT2D eigenvalue weighted by atomic mass is 35.5. The van der Waals surface area contributed by atoms with E-state index in [1.165, 1.54) is 4.90 Å². The maximum atomic E-state index is 12.8. The van der Waals surface area contributed by atoms with E-state index >= 15 is 0 Å². The van der Waals surface area contributed by atoms with Crippen LogP contribution in [0.25, 0.3) is 6.08 Å². The van der Waals surface area contributed by atoms with Gasteiger partial charge in [-0.25, -0.2) is 0 Å². The highest BCUT2D eigenvalue weighted by Crippen LogP contribution is 2.34. The molecule has 0 aromatic heterocycles. The third kappa shape index (κ3) is 5.86. The van der Waals surface area contributed by atoms with Crippen molar-refractivity contribution in [1.82, 2.24) is 4.90 Å². The van der Waals surface area contributed by atoms with Crippen LogP contribution in [-0.4, -0.2) is 16.0 Å². The molecule has 0 aliphatic carbocycles. The monoisotopic (exact) mass is 537 g/mol. The predicted octanol–water partition coefficient (Wildman–Crippen LogP) is 8.12. The molecule has 33 heavy (non-hydrogen) atoms. The number of ether oxygens (including phenoxy) is 1. The van der Waals surface area contributed by atoms with E-state index in [0.717, 1.165) is 28.5 Å². The fourth-order valence-electron chi connectivity index (χ4n) is 3.07. The Labute approximate surface area is 215 Å². The third-order valence-corrected chi connectivity index (χ3v) is 7.02. The molecule has 9 heteroatoms. The van der Waals surface area contributed by atoms with E-state index in [1.807, 2.05) is 18.2 Å². The topological polar surface area (TPSA) is 46.6 Å². The molecule has 1 saturated heterocycles. The van der Waals surface area contributed by atoms with Crippen LogP contribution in [0.15, 0.2) is 65.6 Å². The van der Waals surface area contributed by atoms with Crippen molar-refractivity contribution < 1.29 is 14.3 Å². The molecule has 1 heterocycles. The van der Waals surface area contributed by atoms with E-state index in [-0.39, 0.29) is 17.7 Å². The van der Waals surface area contributed by atoms with Crippen molar-refractivity contribution in [3.05, 3.63) is 102 Å². The van der Waals surface area contributed by atoms with Gasteiger partial charge >= 0.3 is 0 Å². The highest BCUT2D eigenvalue weighted by molar-refractivity contribution is 8.18. The minimum absolute atomic E-state index is 0.124. The SMILES string of the molecule is O=C1S/C(=C\c2ccc(OCc3ccc(Cl)cc3Cl)cc2)C(=O)N1Cc1ccc(Cl)c(Cl)c1. The summed E-state index contributed by atoms with van der Waals surface area (Å²) in [7, 11) is 0. The van der Waals surface area contributed by atoms with Crippen molar-refractivity contribution in [2.45, 2.75) is 13.2 Å². The molecule has 1 aliphatic heterocycles. The Morgan fingerprint density at radius 1 is 0.848 bits per heavy atom. The Morgan fingerprint density at radius 2 is 1.61 bits per heavy atom. The average molecular weight is 539 g/mol. The molecule has 1 aliphatic rings. The summed E-state index contributed by atoms with van der Waals surface area (Å²) in [5.41, 5.74) is 2.31. The van der Waals surface area contributed by atoms with Crippen molar-refractivity contribution in [2.24, 2.45) is 0 Å². The summed E-state index contributed by atoms with van der Waals surface area (Å²) in [4.78, 5) is 26.7. The van der Waals surface area contributed by atoms with Gasteiger partial charge in [0, 0.05) is 15.6 Å². The summed E-state index contributed by atoms with van der Waals surface area (Å²) in [6.07, 6.45) is 1.68. The molecule has 0 radical (unpaired) electrons. The van der Waals surface area contributed by atoms with Gasteiger partial charge in [0.05, 0.1) is 21.5 Å². The Balaban J connectivity index is 1.41. The summed E-state index contributed by atoms with van der Waals surface area (Å²) in [5, 5.41) is 1.55. The van der Waals surface area contributed by atoms with Gasteiger partial charge in [-0.15, -0.1) is 0 Å². The van der Waals surface area contributed by atoms with Crippen LogP contribution in [0.2, 0.25) is 20.1 Å². The number of rotatable bonds is 6. The number of carbonyl (C=O) groups is 2. The zero-order valence-electron chi connectivity index (χ0n) is 16.9. The van der Waals surface area contributed by atoms with Crippen molar-refractivity contribution >= 4 is 75.4 Å². The number of amides is 2. The van der Waals surface area contributed by atoms with Crippen molar-refractivity contribution in [3.8, 4) is 5.75 Å². The Morgan fingerprint density at radius 3 is 2.30 bits per heavy atom. The van der Waals surface area contributed by atoms with Gasteiger partial charge < -0.3 is 4.74 Å². The van der Waals surface area contributed by atoms with Gasteiger partial charge in [-0.2, -0.15) is 0 Å². The maximum Gasteiger partial charge on any atom is 0.293 e. The van der Waals surface area contributed by atoms with Gasteiger partial charge in [-0.1, -0.05) is 70.7 Å². The fraction of sp³-hybridized carbons (Fsp3) is 0.0833. The maximum absolute atomic E-state index is 12.8. The lowest BCUT2D eigenvalue weighted by atomic mass is 10.2. The van der Waals surface area contributed by atoms with Crippen LogP contribution in [-0.2, 0) is 17.9 Å². The molecule has 0 saturated carbocycles. The first-order valence-corrected chi connectivity index (χ1v) is 12.0. The van der Waals surface area contributed by atoms with Gasteiger partial charge in [0.25, 0.3) is 11.1 Å². The van der Waals surface area contributed by atoms with E-state index in [2.05, 4.69) is 0 Å². The summed E-state index contributed by atoms with van der Waals surface area (Å²) in [6.45, 7) is 0.419. The largest absolute Gasteiger partial charge is 0.489 e. The fourth-order valence-corrected chi connectivity index (χ4v) is 4.69. The van der Waals surface area contributed by atoms with Crippen molar-refractivity contribution in [2.75, 3.05) is 0 Å². The van der Waals surface area contributed by atoms with Crippen LogP contribution in [0.4, 0.5) is 4.79 Å². The standard InChI is InChI=1S/C24H15Cl4NO3S/c25-17-5-4-16(20(27)11-17)13-32-18-6-1-14(2-7-18)10-22-23(30)29(24(31)33-22)12-15-3-8-19(26)21(28)9-15/h1-11H,12-13H2/b22-10-. The van der Waals surface area contributed by atoms with Crippen LogP contribution in [0, 0.1) is 0 Å². The van der Waals surface area contributed by atoms with E-state index in [1.54, 1.807) is 48.5 Å². The second-order valence-electron chi connectivity index (χ2n) is 7.11. The molecule has 0 bridgehead atoms. The van der Waals surface area contributed by atoms with Crippen molar-refractivity contribution in [1.29, 1.82) is 0 Å². The molecule has 0 N–H and O–H groups in total. The molecule has 3 aromatic rings. The minimum atomic E-state index is -0.353. The van der Waals surface area contributed by atoms with Gasteiger partial charge in [-0.3, -0.25) is 14.5 Å². The van der Waals surface area contributed by atoms with Gasteiger partial charge in [0.15, 0.2) is 0 Å². The summed E-state index contributed by atoms with van der Waals surface area (Å²) in [5.74, 6) is 0.291. The predicted molar refractivity (Wildman–Crippen MR) is 135 cm³/mol. The van der Waals surface area contributed by atoms with Gasteiger partial charge in [0.1, 0.15) is 12.4 Å². The summed E-state index contributed by atoms with van der Waals surface area (Å²) >= 11 is 24.9. The molecule has 0 unspecified atom stereocenters.